The number of carbonyl (C=O) groups is 3. The molecule has 1 aliphatic heterocycles. The predicted molar refractivity (Wildman–Crippen MR) is 156 cm³/mol. The highest BCUT2D eigenvalue weighted by molar-refractivity contribution is 6.30. The standard InChI is InChI=1S/C32H28ClF3N2O7/c1-44-25-13-18(16-40)12-22-26-23(30(42)37-10-11-39)14-24(27(41)29(26)45-28(22)25)38(15-17-2-8-21(33)9-3-17)31(43)19-4-6-20(7-5-19)32(34,35)36/h2-9,12-14,16,24,26-27,29,39,41H,10-11,15H2,1H3,(H,37,42). The second-order valence-electron chi connectivity index (χ2n) is 10.5. The summed E-state index contributed by atoms with van der Waals surface area (Å²) in [5.74, 6) is -1.82. The zero-order valence-corrected chi connectivity index (χ0v) is 24.5. The first-order valence-electron chi connectivity index (χ1n) is 13.8. The Morgan fingerprint density at radius 1 is 1.11 bits per heavy atom. The summed E-state index contributed by atoms with van der Waals surface area (Å²) in [6.45, 7) is -0.570. The van der Waals surface area contributed by atoms with Crippen molar-refractivity contribution in [1.29, 1.82) is 0 Å². The Kier molecular flexibility index (Phi) is 9.19. The summed E-state index contributed by atoms with van der Waals surface area (Å²) in [5.41, 5.74) is 0.299. The Bertz CT molecular complexity index is 1630. The van der Waals surface area contributed by atoms with Crippen molar-refractivity contribution in [1.82, 2.24) is 10.2 Å². The third-order valence-corrected chi connectivity index (χ3v) is 8.01. The van der Waals surface area contributed by atoms with Crippen LogP contribution in [0.5, 0.6) is 11.5 Å². The lowest BCUT2D eigenvalue weighted by molar-refractivity contribution is -0.137. The SMILES string of the molecule is COc1cc(C=O)cc2c1OC1C2C(C(=O)NCCO)=CC(N(Cc2ccc(Cl)cc2)C(=O)c2ccc(C(F)(F)F)cc2)C1O. The van der Waals surface area contributed by atoms with E-state index in [4.69, 9.17) is 21.1 Å². The van der Waals surface area contributed by atoms with Crippen LogP contribution in [0.4, 0.5) is 13.2 Å². The third-order valence-electron chi connectivity index (χ3n) is 7.76. The molecule has 0 fully saturated rings. The van der Waals surface area contributed by atoms with Crippen LogP contribution in [0.25, 0.3) is 0 Å². The van der Waals surface area contributed by atoms with E-state index in [1.807, 2.05) is 0 Å². The van der Waals surface area contributed by atoms with Crippen molar-refractivity contribution in [2.24, 2.45) is 0 Å². The quantitative estimate of drug-likeness (QED) is 0.299. The van der Waals surface area contributed by atoms with Crippen molar-refractivity contribution in [2.45, 2.75) is 36.9 Å². The maximum atomic E-state index is 14.0. The van der Waals surface area contributed by atoms with Crippen molar-refractivity contribution in [3.63, 3.8) is 0 Å². The van der Waals surface area contributed by atoms with Gasteiger partial charge in [0.2, 0.25) is 5.91 Å². The van der Waals surface area contributed by atoms with Crippen molar-refractivity contribution in [3.05, 3.63) is 105 Å². The molecule has 0 saturated heterocycles. The molecule has 2 aliphatic rings. The molecule has 9 nitrogen and oxygen atoms in total. The number of fused-ring (bicyclic) bond motifs is 3. The highest BCUT2D eigenvalue weighted by Crippen LogP contribution is 2.51. The smallest absolute Gasteiger partial charge is 0.416 e. The fourth-order valence-electron chi connectivity index (χ4n) is 5.63. The van der Waals surface area contributed by atoms with Crippen LogP contribution in [-0.4, -0.2) is 71.7 Å². The molecule has 0 aromatic heterocycles. The molecule has 2 amide bonds. The fourth-order valence-corrected chi connectivity index (χ4v) is 5.75. The van der Waals surface area contributed by atoms with E-state index in [-0.39, 0.29) is 47.9 Å². The number of hydrogen-bond acceptors (Lipinski definition) is 7. The average Bonchev–Trinajstić information content (AvgIpc) is 3.42. The maximum Gasteiger partial charge on any atom is 0.416 e. The highest BCUT2D eigenvalue weighted by Gasteiger charge is 2.51. The van der Waals surface area contributed by atoms with Gasteiger partial charge in [0.1, 0.15) is 18.5 Å². The molecule has 0 spiro atoms. The molecule has 1 heterocycles. The Balaban J connectivity index is 1.62. The zero-order valence-electron chi connectivity index (χ0n) is 23.8. The number of aliphatic hydroxyl groups is 2. The molecule has 4 unspecified atom stereocenters. The number of hydrogen-bond donors (Lipinski definition) is 3. The number of aldehydes is 1. The van der Waals surface area contributed by atoms with Gasteiger partial charge in [-0.3, -0.25) is 14.4 Å². The number of ether oxygens (including phenoxy) is 2. The van der Waals surface area contributed by atoms with E-state index < -0.39 is 47.7 Å². The Morgan fingerprint density at radius 3 is 2.40 bits per heavy atom. The molecule has 236 valence electrons. The predicted octanol–water partition coefficient (Wildman–Crippen LogP) is 4.15. The molecular formula is C32H28ClF3N2O7. The first-order valence-corrected chi connectivity index (χ1v) is 14.2. The van der Waals surface area contributed by atoms with E-state index in [9.17, 15) is 37.8 Å². The lowest BCUT2D eigenvalue weighted by Crippen LogP contribution is -2.55. The van der Waals surface area contributed by atoms with Gasteiger partial charge in [-0.15, -0.1) is 0 Å². The maximum absolute atomic E-state index is 14.0. The third kappa shape index (κ3) is 6.39. The van der Waals surface area contributed by atoms with Gasteiger partial charge in [-0.2, -0.15) is 13.2 Å². The van der Waals surface area contributed by atoms with E-state index in [2.05, 4.69) is 5.32 Å². The van der Waals surface area contributed by atoms with Crippen molar-refractivity contribution >= 4 is 29.7 Å². The normalized spacial score (nSPS) is 20.3. The molecule has 1 aliphatic carbocycles. The number of methoxy groups -OCH3 is 1. The van der Waals surface area contributed by atoms with E-state index in [1.165, 1.54) is 30.2 Å². The number of benzene rings is 3. The number of amides is 2. The summed E-state index contributed by atoms with van der Waals surface area (Å²) in [6, 6.07) is 11.9. The lowest BCUT2D eigenvalue weighted by Gasteiger charge is -2.40. The minimum atomic E-state index is -4.61. The number of rotatable bonds is 9. The molecule has 3 aromatic carbocycles. The van der Waals surface area contributed by atoms with Crippen LogP contribution in [-0.2, 0) is 17.5 Å². The monoisotopic (exact) mass is 644 g/mol. The van der Waals surface area contributed by atoms with Crippen LogP contribution in [0.1, 0.15) is 43.3 Å². The van der Waals surface area contributed by atoms with Gasteiger partial charge < -0.3 is 29.9 Å². The molecule has 0 radical (unpaired) electrons. The summed E-state index contributed by atoms with van der Waals surface area (Å²) < 4.78 is 51.3. The largest absolute Gasteiger partial charge is 0.493 e. The van der Waals surface area contributed by atoms with Crippen LogP contribution in [0.15, 0.2) is 72.3 Å². The van der Waals surface area contributed by atoms with Gasteiger partial charge in [0.15, 0.2) is 11.5 Å². The van der Waals surface area contributed by atoms with Gasteiger partial charge in [0.25, 0.3) is 5.91 Å². The zero-order chi connectivity index (χ0) is 32.5. The number of alkyl halides is 3. The summed E-state index contributed by atoms with van der Waals surface area (Å²) in [4.78, 5) is 40.5. The molecule has 0 saturated carbocycles. The molecule has 3 N–H and O–H groups in total. The number of nitrogens with zero attached hydrogens (tertiary/aromatic N) is 1. The van der Waals surface area contributed by atoms with Gasteiger partial charge in [0, 0.05) is 40.4 Å². The number of aliphatic hydroxyl groups excluding tert-OH is 2. The Morgan fingerprint density at radius 2 is 1.80 bits per heavy atom. The van der Waals surface area contributed by atoms with Crippen LogP contribution in [0, 0.1) is 0 Å². The van der Waals surface area contributed by atoms with Crippen molar-refractivity contribution in [3.8, 4) is 11.5 Å². The Hall–Kier alpha value is -4.39. The number of halogens is 4. The number of carbonyl (C=O) groups excluding carboxylic acids is 3. The van der Waals surface area contributed by atoms with Gasteiger partial charge in [-0.25, -0.2) is 0 Å². The van der Waals surface area contributed by atoms with Crippen LogP contribution in [0.3, 0.4) is 0 Å². The molecule has 0 bridgehead atoms. The van der Waals surface area contributed by atoms with Gasteiger partial charge in [0.05, 0.1) is 31.2 Å². The second-order valence-corrected chi connectivity index (χ2v) is 11.0. The van der Waals surface area contributed by atoms with E-state index >= 15 is 0 Å². The first-order chi connectivity index (χ1) is 21.5. The van der Waals surface area contributed by atoms with Gasteiger partial charge in [-0.1, -0.05) is 23.7 Å². The van der Waals surface area contributed by atoms with Crippen LogP contribution >= 0.6 is 11.6 Å². The lowest BCUT2D eigenvalue weighted by atomic mass is 9.77. The Labute approximate surface area is 260 Å². The minimum absolute atomic E-state index is 0.0844. The summed E-state index contributed by atoms with van der Waals surface area (Å²) in [6.07, 6.45) is -5.18. The number of nitrogens with one attached hydrogen (secondary N) is 1. The molecule has 13 heteroatoms. The first kappa shape index (κ1) is 32.0. The summed E-state index contributed by atoms with van der Waals surface area (Å²) in [7, 11) is 1.37. The van der Waals surface area contributed by atoms with Crippen molar-refractivity contribution < 1.29 is 47.2 Å². The molecule has 4 atom stereocenters. The van der Waals surface area contributed by atoms with E-state index in [0.717, 1.165) is 24.3 Å². The van der Waals surface area contributed by atoms with Crippen LogP contribution < -0.4 is 14.8 Å². The molecule has 5 rings (SSSR count). The van der Waals surface area contributed by atoms with E-state index in [1.54, 1.807) is 24.3 Å². The molecular weight excluding hydrogens is 617 g/mol. The average molecular weight is 645 g/mol. The minimum Gasteiger partial charge on any atom is -0.493 e. The van der Waals surface area contributed by atoms with Gasteiger partial charge in [-0.05, 0) is 60.2 Å². The van der Waals surface area contributed by atoms with Crippen molar-refractivity contribution in [2.75, 3.05) is 20.3 Å². The van der Waals surface area contributed by atoms with Crippen LogP contribution in [0.2, 0.25) is 5.02 Å². The molecule has 3 aromatic rings. The molecule has 45 heavy (non-hydrogen) atoms. The summed E-state index contributed by atoms with van der Waals surface area (Å²) in [5, 5.41) is 24.2. The summed E-state index contributed by atoms with van der Waals surface area (Å²) >= 11 is 6.04. The fraction of sp³-hybridized carbons (Fsp3) is 0.281. The topological polar surface area (TPSA) is 125 Å². The van der Waals surface area contributed by atoms with Gasteiger partial charge >= 0.3 is 6.18 Å². The van der Waals surface area contributed by atoms with E-state index in [0.29, 0.717) is 22.4 Å². The second kappa shape index (κ2) is 12.9. The highest BCUT2D eigenvalue weighted by atomic mass is 35.5.